The Kier molecular flexibility index (Phi) is 9.11. The predicted molar refractivity (Wildman–Crippen MR) is 168 cm³/mol. The zero-order valence-electron chi connectivity index (χ0n) is 24.6. The normalized spacial score (nSPS) is 15.5. The number of benzene rings is 2. The molecule has 43 heavy (non-hydrogen) atoms. The molecule has 1 aliphatic heterocycles. The molecular formula is C34H35N5O3S. The van der Waals surface area contributed by atoms with Crippen LogP contribution in [0.15, 0.2) is 79.1 Å². The van der Waals surface area contributed by atoms with Crippen molar-refractivity contribution in [2.45, 2.75) is 50.9 Å². The maximum atomic E-state index is 13.7. The van der Waals surface area contributed by atoms with Crippen LogP contribution in [0.25, 0.3) is 22.4 Å². The first-order valence-corrected chi connectivity index (χ1v) is 15.4. The molecule has 0 saturated carbocycles. The molecule has 4 aromatic rings. The van der Waals surface area contributed by atoms with Crippen LogP contribution in [0.5, 0.6) is 0 Å². The van der Waals surface area contributed by atoms with Crippen LogP contribution in [0, 0.1) is 11.3 Å². The second kappa shape index (κ2) is 13.0. The lowest BCUT2D eigenvalue weighted by Gasteiger charge is -2.30. The van der Waals surface area contributed by atoms with Crippen molar-refractivity contribution in [1.82, 2.24) is 19.6 Å². The summed E-state index contributed by atoms with van der Waals surface area (Å²) in [5.41, 5.74) is 6.90. The molecule has 2 aromatic heterocycles. The van der Waals surface area contributed by atoms with E-state index in [1.54, 1.807) is 24.5 Å². The fraction of sp³-hybridized carbons (Fsp3) is 0.294. The van der Waals surface area contributed by atoms with Crippen molar-refractivity contribution in [3.05, 3.63) is 107 Å². The van der Waals surface area contributed by atoms with Gasteiger partial charge in [-0.2, -0.15) is 5.26 Å². The van der Waals surface area contributed by atoms with Crippen LogP contribution in [0.4, 0.5) is 0 Å². The number of carbonyl (C=O) groups is 1. The number of pyridine rings is 2. The molecule has 8 nitrogen and oxygen atoms in total. The fourth-order valence-electron chi connectivity index (χ4n) is 5.38. The summed E-state index contributed by atoms with van der Waals surface area (Å²) in [7, 11) is -1.36. The molecule has 2 aromatic carbocycles. The molecule has 0 radical (unpaired) electrons. The van der Waals surface area contributed by atoms with E-state index in [0.717, 1.165) is 33.4 Å². The summed E-state index contributed by atoms with van der Waals surface area (Å²) in [6.07, 6.45) is 4.50. The SMILES string of the molecule is CC(C)(C)[S@](=O)N1Cc2cc(C(=O)NCCc3ccncc3)nc(-c3cccc(-c4cccc(C#N)c4)c3)c2[C@@H]1CCO. The highest BCUT2D eigenvalue weighted by Gasteiger charge is 2.40. The molecule has 0 unspecified atom stereocenters. The molecule has 0 saturated heterocycles. The summed E-state index contributed by atoms with van der Waals surface area (Å²) in [5.74, 6) is -0.287. The molecule has 5 rings (SSSR count). The van der Waals surface area contributed by atoms with Crippen LogP contribution in [-0.4, -0.2) is 47.4 Å². The maximum absolute atomic E-state index is 13.7. The summed E-state index contributed by atoms with van der Waals surface area (Å²) < 4.78 is 15.1. The number of nitrogens with zero attached hydrogens (tertiary/aromatic N) is 4. The molecule has 1 amide bonds. The molecule has 2 N–H and O–H groups in total. The van der Waals surface area contributed by atoms with Gasteiger partial charge in [-0.1, -0.05) is 30.3 Å². The standard InChI is InChI=1S/C34H35N5O3S/c1-34(2,3)43(42)39-22-28-20-29(33(41)37-16-12-23-10-14-36-15-11-23)38-32(31(28)30(39)13-17-40)27-9-5-8-26(19-27)25-7-4-6-24(18-25)21-35/h4-11,14-15,18-20,30,40H,12-13,16-17,22H2,1-3H3,(H,37,41)/t30-,43-/m0/s1. The second-order valence-corrected chi connectivity index (χ2v) is 13.7. The highest BCUT2D eigenvalue weighted by molar-refractivity contribution is 7.84. The Morgan fingerprint density at radius 2 is 1.77 bits per heavy atom. The lowest BCUT2D eigenvalue weighted by Crippen LogP contribution is -2.36. The zero-order valence-corrected chi connectivity index (χ0v) is 25.4. The van der Waals surface area contributed by atoms with E-state index >= 15 is 0 Å². The van der Waals surface area contributed by atoms with Crippen LogP contribution in [0.2, 0.25) is 0 Å². The Bertz CT molecular complexity index is 1690. The molecule has 0 aliphatic carbocycles. The van der Waals surface area contributed by atoms with Gasteiger partial charge in [-0.25, -0.2) is 13.5 Å². The summed E-state index contributed by atoms with van der Waals surface area (Å²) in [6, 6.07) is 22.8. The Morgan fingerprint density at radius 3 is 2.47 bits per heavy atom. The van der Waals surface area contributed by atoms with Gasteiger partial charge in [0.2, 0.25) is 0 Å². The summed E-state index contributed by atoms with van der Waals surface area (Å²) >= 11 is 0. The molecule has 1 aliphatic rings. The van der Waals surface area contributed by atoms with E-state index in [1.807, 2.05) is 79.7 Å². The number of hydrogen-bond acceptors (Lipinski definition) is 6. The van der Waals surface area contributed by atoms with Crippen molar-refractivity contribution in [1.29, 1.82) is 5.26 Å². The summed E-state index contributed by atoms with van der Waals surface area (Å²) in [6.45, 7) is 6.53. The van der Waals surface area contributed by atoms with Gasteiger partial charge in [-0.05, 0) is 92.3 Å². The number of fused-ring (bicyclic) bond motifs is 1. The van der Waals surface area contributed by atoms with E-state index in [0.29, 0.717) is 37.2 Å². The monoisotopic (exact) mass is 593 g/mol. The maximum Gasteiger partial charge on any atom is 0.269 e. The van der Waals surface area contributed by atoms with Crippen LogP contribution >= 0.6 is 0 Å². The Hall–Kier alpha value is -4.23. The minimum absolute atomic E-state index is 0.0837. The van der Waals surface area contributed by atoms with Gasteiger partial charge in [-0.15, -0.1) is 0 Å². The fourth-order valence-corrected chi connectivity index (χ4v) is 6.78. The van der Waals surface area contributed by atoms with Crippen LogP contribution < -0.4 is 5.32 Å². The van der Waals surface area contributed by atoms with E-state index in [-0.39, 0.29) is 24.2 Å². The van der Waals surface area contributed by atoms with E-state index in [9.17, 15) is 19.4 Å². The third-order valence-corrected chi connectivity index (χ3v) is 9.29. The molecule has 3 heterocycles. The number of hydrogen-bond donors (Lipinski definition) is 2. The van der Waals surface area contributed by atoms with Gasteiger partial charge in [0.1, 0.15) is 16.7 Å². The van der Waals surface area contributed by atoms with Crippen molar-refractivity contribution < 1.29 is 14.1 Å². The Morgan fingerprint density at radius 1 is 1.07 bits per heavy atom. The van der Waals surface area contributed by atoms with Gasteiger partial charge in [-0.3, -0.25) is 9.78 Å². The lowest BCUT2D eigenvalue weighted by molar-refractivity contribution is 0.0949. The number of carbonyl (C=O) groups excluding carboxylic acids is 1. The lowest BCUT2D eigenvalue weighted by atomic mass is 9.93. The smallest absolute Gasteiger partial charge is 0.269 e. The van der Waals surface area contributed by atoms with Crippen molar-refractivity contribution in [3.8, 4) is 28.5 Å². The van der Waals surface area contributed by atoms with Crippen LogP contribution in [0.1, 0.15) is 66.0 Å². The second-order valence-electron chi connectivity index (χ2n) is 11.5. The molecule has 2 atom stereocenters. The average molecular weight is 594 g/mol. The predicted octanol–water partition coefficient (Wildman–Crippen LogP) is 5.36. The number of amides is 1. The average Bonchev–Trinajstić information content (AvgIpc) is 3.38. The van der Waals surface area contributed by atoms with Crippen molar-refractivity contribution in [2.75, 3.05) is 13.2 Å². The molecule has 0 spiro atoms. The van der Waals surface area contributed by atoms with Gasteiger partial charge < -0.3 is 10.4 Å². The molecule has 0 bridgehead atoms. The zero-order chi connectivity index (χ0) is 30.6. The molecule has 220 valence electrons. The Labute approximate surface area is 255 Å². The van der Waals surface area contributed by atoms with E-state index in [2.05, 4.69) is 16.4 Å². The minimum atomic E-state index is -1.36. The van der Waals surface area contributed by atoms with E-state index < -0.39 is 15.7 Å². The summed E-state index contributed by atoms with van der Waals surface area (Å²) in [5, 5.41) is 22.5. The summed E-state index contributed by atoms with van der Waals surface area (Å²) in [4.78, 5) is 22.4. The largest absolute Gasteiger partial charge is 0.396 e. The van der Waals surface area contributed by atoms with Gasteiger partial charge in [0.25, 0.3) is 5.91 Å². The van der Waals surface area contributed by atoms with Crippen LogP contribution in [-0.2, 0) is 24.0 Å². The third-order valence-electron chi connectivity index (χ3n) is 7.43. The minimum Gasteiger partial charge on any atom is -0.396 e. The van der Waals surface area contributed by atoms with Gasteiger partial charge >= 0.3 is 0 Å². The topological polar surface area (TPSA) is 119 Å². The Balaban J connectivity index is 1.57. The first kappa shape index (κ1) is 30.2. The number of nitriles is 1. The molecule has 0 fully saturated rings. The van der Waals surface area contributed by atoms with Crippen molar-refractivity contribution >= 4 is 16.9 Å². The number of aliphatic hydroxyl groups is 1. The third kappa shape index (κ3) is 6.73. The van der Waals surface area contributed by atoms with Gasteiger partial charge in [0, 0.05) is 43.2 Å². The van der Waals surface area contributed by atoms with Gasteiger partial charge in [0.15, 0.2) is 0 Å². The quantitative estimate of drug-likeness (QED) is 0.270. The number of aromatic nitrogens is 2. The molecular weight excluding hydrogens is 558 g/mol. The van der Waals surface area contributed by atoms with Crippen molar-refractivity contribution in [2.24, 2.45) is 0 Å². The highest BCUT2D eigenvalue weighted by atomic mass is 32.2. The van der Waals surface area contributed by atoms with Gasteiger partial charge in [0.05, 0.1) is 28.1 Å². The number of nitrogens with one attached hydrogen (secondary N) is 1. The first-order chi connectivity index (χ1) is 20.7. The van der Waals surface area contributed by atoms with E-state index in [4.69, 9.17) is 4.98 Å². The first-order valence-electron chi connectivity index (χ1n) is 14.3. The van der Waals surface area contributed by atoms with Crippen LogP contribution in [0.3, 0.4) is 0 Å². The number of rotatable bonds is 9. The highest BCUT2D eigenvalue weighted by Crippen LogP contribution is 2.44. The number of aliphatic hydroxyl groups excluding tert-OH is 1. The molecule has 9 heteroatoms. The van der Waals surface area contributed by atoms with Crippen molar-refractivity contribution in [3.63, 3.8) is 0 Å². The van der Waals surface area contributed by atoms with E-state index in [1.165, 1.54) is 0 Å².